The number of hydrogen-bond acceptors (Lipinski definition) is 3. The average molecular weight is 381 g/mol. The summed E-state index contributed by atoms with van der Waals surface area (Å²) in [5.41, 5.74) is 4.49. The van der Waals surface area contributed by atoms with Gasteiger partial charge in [-0.3, -0.25) is 4.79 Å². The summed E-state index contributed by atoms with van der Waals surface area (Å²) in [6.45, 7) is 0.798. The van der Waals surface area contributed by atoms with Gasteiger partial charge in [0.2, 0.25) is 0 Å². The Morgan fingerprint density at radius 2 is 1.79 bits per heavy atom. The van der Waals surface area contributed by atoms with Gasteiger partial charge >= 0.3 is 0 Å². The third-order valence-electron chi connectivity index (χ3n) is 5.11. The molecule has 1 fully saturated rings. The van der Waals surface area contributed by atoms with E-state index in [4.69, 9.17) is 11.2 Å². The van der Waals surface area contributed by atoms with Crippen molar-refractivity contribution in [2.24, 2.45) is 0 Å². The van der Waals surface area contributed by atoms with Crippen molar-refractivity contribution in [2.75, 3.05) is 11.9 Å². The van der Waals surface area contributed by atoms with Crippen LogP contribution < -0.4 is 10.1 Å². The van der Waals surface area contributed by atoms with Crippen molar-refractivity contribution >= 4 is 11.5 Å². The number of benzene rings is 3. The fourth-order valence-electron chi connectivity index (χ4n) is 3.35. The van der Waals surface area contributed by atoms with Crippen molar-refractivity contribution in [2.45, 2.75) is 25.3 Å². The highest BCUT2D eigenvalue weighted by atomic mass is 16.5. The molecule has 0 aromatic heterocycles. The minimum Gasteiger partial charge on any atom is -0.481 e. The van der Waals surface area contributed by atoms with Crippen LogP contribution in [0.1, 0.15) is 45.8 Å². The van der Waals surface area contributed by atoms with E-state index >= 15 is 0 Å². The number of terminal acetylenes is 1. The minimum atomic E-state index is -0.0333. The van der Waals surface area contributed by atoms with Crippen LogP contribution in [0.15, 0.2) is 72.8 Å². The van der Waals surface area contributed by atoms with Crippen LogP contribution in [-0.2, 0) is 6.54 Å². The second-order valence-corrected chi connectivity index (χ2v) is 7.26. The van der Waals surface area contributed by atoms with Gasteiger partial charge < -0.3 is 10.1 Å². The summed E-state index contributed by atoms with van der Waals surface area (Å²) in [5, 5.41) is 3.39. The lowest BCUT2D eigenvalue weighted by Gasteiger charge is -2.14. The molecule has 144 valence electrons. The molecule has 3 aromatic carbocycles. The molecule has 29 heavy (non-hydrogen) atoms. The molecular formula is C26H23NO2. The van der Waals surface area contributed by atoms with Crippen molar-refractivity contribution in [3.8, 4) is 18.1 Å². The van der Waals surface area contributed by atoms with Crippen molar-refractivity contribution < 1.29 is 9.53 Å². The average Bonchev–Trinajstić information content (AvgIpc) is 3.62. The number of carbonyl (C=O) groups excluding carboxylic acids is 1. The first kappa shape index (κ1) is 18.8. The Morgan fingerprint density at radius 3 is 2.48 bits per heavy atom. The minimum absolute atomic E-state index is 0.0333. The number of anilines is 1. The van der Waals surface area contributed by atoms with Gasteiger partial charge in [0.1, 0.15) is 12.4 Å². The Labute approximate surface area is 171 Å². The van der Waals surface area contributed by atoms with Crippen molar-refractivity contribution in [1.82, 2.24) is 0 Å². The van der Waals surface area contributed by atoms with E-state index in [2.05, 4.69) is 35.5 Å². The van der Waals surface area contributed by atoms with Gasteiger partial charge in [0.05, 0.1) is 0 Å². The number of hydrogen-bond donors (Lipinski definition) is 1. The molecule has 0 spiro atoms. The highest BCUT2D eigenvalue weighted by molar-refractivity contribution is 6.12. The molecule has 3 aromatic rings. The molecule has 0 heterocycles. The number of ether oxygens (including phenoxy) is 1. The molecule has 0 amide bonds. The molecule has 0 aliphatic heterocycles. The normalized spacial score (nSPS) is 12.8. The Bertz CT molecular complexity index is 1030. The Hall–Kier alpha value is -3.51. The van der Waals surface area contributed by atoms with Crippen LogP contribution in [0.2, 0.25) is 0 Å². The van der Waals surface area contributed by atoms with E-state index in [0.29, 0.717) is 29.3 Å². The van der Waals surface area contributed by atoms with E-state index in [1.807, 2.05) is 42.5 Å². The van der Waals surface area contributed by atoms with Gasteiger partial charge in [-0.25, -0.2) is 0 Å². The standard InChI is InChI=1S/C26H23NO2/c1-2-16-29-23-14-15-25(27-18-19-6-4-3-5-7-19)24(17-23)26(28)22-12-10-21(11-13-22)20-8-9-20/h1,3-7,10-15,17,20,27H,8-9,16,18H2. The van der Waals surface area contributed by atoms with E-state index in [0.717, 1.165) is 11.3 Å². The van der Waals surface area contributed by atoms with Gasteiger partial charge in [-0.15, -0.1) is 6.42 Å². The van der Waals surface area contributed by atoms with Crippen LogP contribution >= 0.6 is 0 Å². The van der Waals surface area contributed by atoms with E-state index in [1.165, 1.54) is 18.4 Å². The summed E-state index contributed by atoms with van der Waals surface area (Å²) < 4.78 is 5.54. The van der Waals surface area contributed by atoms with Crippen LogP contribution in [-0.4, -0.2) is 12.4 Å². The molecule has 4 rings (SSSR count). The molecule has 0 bridgehead atoms. The molecule has 3 heteroatoms. The fourth-order valence-corrected chi connectivity index (χ4v) is 3.35. The van der Waals surface area contributed by atoms with Gasteiger partial charge in [0.25, 0.3) is 0 Å². The molecule has 1 aliphatic rings. The lowest BCUT2D eigenvalue weighted by Crippen LogP contribution is -2.09. The number of nitrogens with one attached hydrogen (secondary N) is 1. The Kier molecular flexibility index (Phi) is 5.63. The molecule has 0 atom stereocenters. The molecule has 0 unspecified atom stereocenters. The molecule has 3 nitrogen and oxygen atoms in total. The van der Waals surface area contributed by atoms with E-state index in [9.17, 15) is 4.79 Å². The number of rotatable bonds is 8. The number of carbonyl (C=O) groups is 1. The lowest BCUT2D eigenvalue weighted by atomic mass is 9.99. The second-order valence-electron chi connectivity index (χ2n) is 7.26. The van der Waals surface area contributed by atoms with Crippen LogP contribution in [0.25, 0.3) is 0 Å². The monoisotopic (exact) mass is 381 g/mol. The first-order valence-corrected chi connectivity index (χ1v) is 9.87. The van der Waals surface area contributed by atoms with Gasteiger partial charge in [-0.1, -0.05) is 60.5 Å². The molecule has 1 aliphatic carbocycles. The predicted molar refractivity (Wildman–Crippen MR) is 116 cm³/mol. The van der Waals surface area contributed by atoms with Gasteiger partial charge in [-0.2, -0.15) is 0 Å². The summed E-state index contributed by atoms with van der Waals surface area (Å²) in [5.74, 6) is 3.68. The van der Waals surface area contributed by atoms with Crippen molar-refractivity contribution in [3.63, 3.8) is 0 Å². The molecular weight excluding hydrogens is 358 g/mol. The van der Waals surface area contributed by atoms with E-state index in [1.54, 1.807) is 6.07 Å². The molecule has 1 N–H and O–H groups in total. The zero-order valence-electron chi connectivity index (χ0n) is 16.2. The zero-order chi connectivity index (χ0) is 20.1. The number of ketones is 1. The first-order valence-electron chi connectivity index (χ1n) is 9.87. The summed E-state index contributed by atoms with van der Waals surface area (Å²) in [6.07, 6.45) is 7.79. The van der Waals surface area contributed by atoms with Crippen LogP contribution in [0.3, 0.4) is 0 Å². The van der Waals surface area contributed by atoms with E-state index < -0.39 is 0 Å². The zero-order valence-corrected chi connectivity index (χ0v) is 16.2. The summed E-state index contributed by atoms with van der Waals surface area (Å²) in [4.78, 5) is 13.3. The highest BCUT2D eigenvalue weighted by Gasteiger charge is 2.23. The largest absolute Gasteiger partial charge is 0.481 e. The van der Waals surface area contributed by atoms with Crippen LogP contribution in [0.4, 0.5) is 5.69 Å². The first-order chi connectivity index (χ1) is 14.2. The summed E-state index contributed by atoms with van der Waals surface area (Å²) >= 11 is 0. The highest BCUT2D eigenvalue weighted by Crippen LogP contribution is 2.40. The van der Waals surface area contributed by atoms with Gasteiger partial charge in [0, 0.05) is 23.4 Å². The van der Waals surface area contributed by atoms with Gasteiger partial charge in [0.15, 0.2) is 5.78 Å². The van der Waals surface area contributed by atoms with Crippen LogP contribution in [0, 0.1) is 12.3 Å². The smallest absolute Gasteiger partial charge is 0.195 e. The SMILES string of the molecule is C#CCOc1ccc(NCc2ccccc2)c(C(=O)c2ccc(C3CC3)cc2)c1. The molecule has 0 saturated heterocycles. The predicted octanol–water partition coefficient (Wildman–Crippen LogP) is 5.42. The third kappa shape index (κ3) is 4.67. The summed E-state index contributed by atoms with van der Waals surface area (Å²) in [6, 6.07) is 23.5. The Morgan fingerprint density at radius 1 is 1.03 bits per heavy atom. The molecule has 0 radical (unpaired) electrons. The summed E-state index contributed by atoms with van der Waals surface area (Å²) in [7, 11) is 0. The van der Waals surface area contributed by atoms with Crippen molar-refractivity contribution in [3.05, 3.63) is 95.1 Å². The second kappa shape index (κ2) is 8.67. The Balaban J connectivity index is 1.60. The molecule has 1 saturated carbocycles. The maximum Gasteiger partial charge on any atom is 0.195 e. The lowest BCUT2D eigenvalue weighted by molar-refractivity contribution is 0.103. The fraction of sp³-hybridized carbons (Fsp3) is 0.192. The van der Waals surface area contributed by atoms with Crippen molar-refractivity contribution in [1.29, 1.82) is 0 Å². The maximum atomic E-state index is 13.3. The van der Waals surface area contributed by atoms with E-state index in [-0.39, 0.29) is 12.4 Å². The van der Waals surface area contributed by atoms with Crippen LogP contribution in [0.5, 0.6) is 5.75 Å². The topological polar surface area (TPSA) is 38.3 Å². The maximum absolute atomic E-state index is 13.3. The third-order valence-corrected chi connectivity index (χ3v) is 5.11. The quantitative estimate of drug-likeness (QED) is 0.418. The van der Waals surface area contributed by atoms with Gasteiger partial charge in [-0.05, 0) is 48.1 Å².